The van der Waals surface area contributed by atoms with Crippen LogP contribution in [0.15, 0.2) is 72.8 Å². The van der Waals surface area contributed by atoms with Crippen molar-refractivity contribution in [1.82, 2.24) is 0 Å². The van der Waals surface area contributed by atoms with Crippen LogP contribution in [0.3, 0.4) is 0 Å². The third-order valence-corrected chi connectivity index (χ3v) is 4.44. The number of hydrogen-bond acceptors (Lipinski definition) is 2. The van der Waals surface area contributed by atoms with E-state index in [9.17, 15) is 0 Å². The lowest BCUT2D eigenvalue weighted by Gasteiger charge is -2.13. The summed E-state index contributed by atoms with van der Waals surface area (Å²) in [7, 11) is 0. The van der Waals surface area contributed by atoms with Crippen LogP contribution >= 0.6 is 23.2 Å². The number of para-hydroxylation sites is 2. The molecule has 0 aliphatic heterocycles. The Morgan fingerprint density at radius 3 is 2.23 bits per heavy atom. The summed E-state index contributed by atoms with van der Waals surface area (Å²) in [5.41, 5.74) is 3.32. The fourth-order valence-corrected chi connectivity index (χ4v) is 3.32. The Labute approximate surface area is 164 Å². The summed E-state index contributed by atoms with van der Waals surface area (Å²) < 4.78 is 5.98. The van der Waals surface area contributed by atoms with E-state index in [1.165, 1.54) is 5.56 Å². The maximum atomic E-state index is 6.06. The van der Waals surface area contributed by atoms with Crippen molar-refractivity contribution >= 4 is 28.9 Å². The third-order valence-electron chi connectivity index (χ3n) is 4.00. The van der Waals surface area contributed by atoms with Gasteiger partial charge in [0.25, 0.3) is 0 Å². The molecule has 134 valence electrons. The van der Waals surface area contributed by atoms with Gasteiger partial charge in [-0.15, -0.1) is 0 Å². The highest BCUT2D eigenvalue weighted by atomic mass is 35.5. The quantitative estimate of drug-likeness (QED) is 0.440. The van der Waals surface area contributed by atoms with Crippen LogP contribution in [0.5, 0.6) is 5.75 Å². The minimum atomic E-state index is 0.630. The van der Waals surface area contributed by atoms with Crippen molar-refractivity contribution in [3.63, 3.8) is 0 Å². The smallest absolute Gasteiger partial charge is 0.142 e. The first-order valence-electron chi connectivity index (χ1n) is 8.65. The maximum absolute atomic E-state index is 6.06. The molecule has 0 atom stereocenters. The van der Waals surface area contributed by atoms with Crippen LogP contribution in [0.2, 0.25) is 10.0 Å². The Hall–Kier alpha value is -2.16. The SMILES string of the molecule is Clc1cc(Cl)cc(CNc2ccccc2OCCCc2ccccc2)c1. The van der Waals surface area contributed by atoms with Crippen molar-refractivity contribution in [3.8, 4) is 5.75 Å². The van der Waals surface area contributed by atoms with Gasteiger partial charge in [-0.2, -0.15) is 0 Å². The minimum absolute atomic E-state index is 0.630. The number of benzene rings is 3. The number of ether oxygens (including phenoxy) is 1. The Morgan fingerprint density at radius 2 is 1.46 bits per heavy atom. The van der Waals surface area contributed by atoms with Gasteiger partial charge in [-0.25, -0.2) is 0 Å². The van der Waals surface area contributed by atoms with Crippen LogP contribution in [0, 0.1) is 0 Å². The van der Waals surface area contributed by atoms with Crippen LogP contribution in [-0.2, 0) is 13.0 Å². The summed E-state index contributed by atoms with van der Waals surface area (Å²) >= 11 is 12.1. The molecule has 0 saturated heterocycles. The van der Waals surface area contributed by atoms with E-state index in [1.807, 2.05) is 42.5 Å². The second-order valence-electron chi connectivity index (χ2n) is 6.07. The zero-order valence-corrected chi connectivity index (χ0v) is 15.9. The largest absolute Gasteiger partial charge is 0.491 e. The molecule has 26 heavy (non-hydrogen) atoms. The molecule has 3 rings (SSSR count). The van der Waals surface area contributed by atoms with E-state index in [-0.39, 0.29) is 0 Å². The highest BCUT2D eigenvalue weighted by molar-refractivity contribution is 6.34. The van der Waals surface area contributed by atoms with E-state index in [1.54, 1.807) is 6.07 Å². The molecule has 0 heterocycles. The number of rotatable bonds is 8. The number of halogens is 2. The highest BCUT2D eigenvalue weighted by Crippen LogP contribution is 2.26. The van der Waals surface area contributed by atoms with Crippen LogP contribution in [0.1, 0.15) is 17.5 Å². The van der Waals surface area contributed by atoms with Gasteiger partial charge >= 0.3 is 0 Å². The van der Waals surface area contributed by atoms with Crippen molar-refractivity contribution < 1.29 is 4.74 Å². The molecule has 0 aliphatic rings. The molecule has 0 radical (unpaired) electrons. The Morgan fingerprint density at radius 1 is 0.769 bits per heavy atom. The van der Waals surface area contributed by atoms with Crippen molar-refractivity contribution in [2.75, 3.05) is 11.9 Å². The Bertz CT molecular complexity index is 816. The van der Waals surface area contributed by atoms with Crippen molar-refractivity contribution in [2.24, 2.45) is 0 Å². The summed E-state index contributed by atoms with van der Waals surface area (Å²) in [6.07, 6.45) is 1.99. The Balaban J connectivity index is 1.54. The molecule has 0 amide bonds. The third kappa shape index (κ3) is 5.69. The second kappa shape index (κ2) is 9.51. The van der Waals surface area contributed by atoms with E-state index in [4.69, 9.17) is 27.9 Å². The predicted octanol–water partition coefficient (Wildman–Crippen LogP) is 6.62. The van der Waals surface area contributed by atoms with Gasteiger partial charge in [0.2, 0.25) is 0 Å². The molecule has 0 fully saturated rings. The molecule has 0 bridgehead atoms. The van der Waals surface area contributed by atoms with Crippen LogP contribution in [-0.4, -0.2) is 6.61 Å². The number of aryl methyl sites for hydroxylation is 1. The topological polar surface area (TPSA) is 21.3 Å². The van der Waals surface area contributed by atoms with E-state index >= 15 is 0 Å². The monoisotopic (exact) mass is 385 g/mol. The molecule has 0 aromatic heterocycles. The first-order valence-corrected chi connectivity index (χ1v) is 9.41. The van der Waals surface area contributed by atoms with E-state index in [0.29, 0.717) is 23.2 Å². The molecular weight excluding hydrogens is 365 g/mol. The predicted molar refractivity (Wildman–Crippen MR) is 110 cm³/mol. The van der Waals surface area contributed by atoms with Crippen molar-refractivity contribution in [1.29, 1.82) is 0 Å². The summed E-state index contributed by atoms with van der Waals surface area (Å²) in [6.45, 7) is 1.31. The first kappa shape index (κ1) is 18.6. The molecule has 0 aliphatic carbocycles. The molecule has 0 spiro atoms. The molecule has 0 saturated carbocycles. The standard InChI is InChI=1S/C22H21Cl2NO/c23-19-13-18(14-20(24)15-19)16-25-21-10-4-5-11-22(21)26-12-6-9-17-7-2-1-3-8-17/h1-5,7-8,10-11,13-15,25H,6,9,12,16H2. The minimum Gasteiger partial charge on any atom is -0.491 e. The average molecular weight is 386 g/mol. The van der Waals surface area contributed by atoms with Gasteiger partial charge in [-0.3, -0.25) is 0 Å². The lowest BCUT2D eigenvalue weighted by molar-refractivity contribution is 0.312. The molecule has 3 aromatic rings. The molecular formula is C22H21Cl2NO. The zero-order valence-electron chi connectivity index (χ0n) is 14.4. The molecule has 4 heteroatoms. The highest BCUT2D eigenvalue weighted by Gasteiger charge is 2.04. The number of anilines is 1. The maximum Gasteiger partial charge on any atom is 0.142 e. The van der Waals surface area contributed by atoms with Crippen molar-refractivity contribution in [3.05, 3.63) is 94.0 Å². The number of hydrogen-bond donors (Lipinski definition) is 1. The molecule has 1 N–H and O–H groups in total. The van der Waals surface area contributed by atoms with Crippen LogP contribution in [0.25, 0.3) is 0 Å². The first-order chi connectivity index (χ1) is 12.7. The second-order valence-corrected chi connectivity index (χ2v) is 6.94. The molecule has 2 nitrogen and oxygen atoms in total. The van der Waals surface area contributed by atoms with Gasteiger partial charge in [0.1, 0.15) is 5.75 Å². The summed E-state index contributed by atoms with van der Waals surface area (Å²) in [4.78, 5) is 0. The molecule has 3 aromatic carbocycles. The lowest BCUT2D eigenvalue weighted by atomic mass is 10.1. The normalized spacial score (nSPS) is 10.5. The summed E-state index contributed by atoms with van der Waals surface area (Å²) in [5, 5.41) is 4.68. The van der Waals surface area contributed by atoms with Gasteiger partial charge in [0.15, 0.2) is 0 Å². The van der Waals surface area contributed by atoms with Gasteiger partial charge in [0, 0.05) is 16.6 Å². The van der Waals surface area contributed by atoms with Crippen LogP contribution in [0.4, 0.5) is 5.69 Å². The fourth-order valence-electron chi connectivity index (χ4n) is 2.75. The van der Waals surface area contributed by atoms with Crippen molar-refractivity contribution in [2.45, 2.75) is 19.4 Å². The van der Waals surface area contributed by atoms with Gasteiger partial charge in [0.05, 0.1) is 12.3 Å². The van der Waals surface area contributed by atoms with E-state index in [2.05, 4.69) is 29.6 Å². The van der Waals surface area contributed by atoms with Gasteiger partial charge in [-0.1, -0.05) is 65.7 Å². The van der Waals surface area contributed by atoms with Gasteiger partial charge < -0.3 is 10.1 Å². The summed E-state index contributed by atoms with van der Waals surface area (Å²) in [6, 6.07) is 24.0. The van der Waals surface area contributed by atoms with E-state index < -0.39 is 0 Å². The fraction of sp³-hybridized carbons (Fsp3) is 0.182. The lowest BCUT2D eigenvalue weighted by Crippen LogP contribution is -2.04. The summed E-state index contributed by atoms with van der Waals surface area (Å²) in [5.74, 6) is 0.855. The zero-order chi connectivity index (χ0) is 18.2. The Kier molecular flexibility index (Phi) is 6.82. The van der Waals surface area contributed by atoms with Crippen LogP contribution < -0.4 is 10.1 Å². The van der Waals surface area contributed by atoms with Gasteiger partial charge in [-0.05, 0) is 54.3 Å². The van der Waals surface area contributed by atoms with E-state index in [0.717, 1.165) is 29.8 Å². The average Bonchev–Trinajstić information content (AvgIpc) is 2.64. The molecule has 0 unspecified atom stereocenters. The number of nitrogens with one attached hydrogen (secondary N) is 1.